The first-order valence-electron chi connectivity index (χ1n) is 8.48. The van der Waals surface area contributed by atoms with Crippen molar-refractivity contribution in [1.29, 1.82) is 0 Å². The first-order chi connectivity index (χ1) is 12.4. The summed E-state index contributed by atoms with van der Waals surface area (Å²) >= 11 is 0. The average Bonchev–Trinajstić information content (AvgIpc) is 3.11. The van der Waals surface area contributed by atoms with Gasteiger partial charge in [0.05, 0.1) is 18.3 Å². The predicted molar refractivity (Wildman–Crippen MR) is 100.0 cm³/mol. The number of aromatic nitrogens is 2. The van der Waals surface area contributed by atoms with Gasteiger partial charge in [-0.05, 0) is 12.1 Å². The number of guanidine groups is 1. The number of amides is 1. The summed E-state index contributed by atoms with van der Waals surface area (Å²) in [4.78, 5) is 24.2. The van der Waals surface area contributed by atoms with E-state index in [2.05, 4.69) is 51.7 Å². The Labute approximate surface area is 153 Å². The summed E-state index contributed by atoms with van der Waals surface area (Å²) in [5, 5.41) is 9.07. The number of carbonyl (C=O) groups excluding carboxylic acids is 1. The second-order valence-corrected chi connectivity index (χ2v) is 6.72. The lowest BCUT2D eigenvalue weighted by molar-refractivity contribution is 0.0954. The first kappa shape index (κ1) is 19.4. The first-order valence-corrected chi connectivity index (χ1v) is 8.48. The van der Waals surface area contributed by atoms with Crippen LogP contribution >= 0.6 is 0 Å². The Kier molecular flexibility index (Phi) is 6.71. The van der Waals surface area contributed by atoms with E-state index in [-0.39, 0.29) is 11.3 Å². The number of oxazole rings is 1. The van der Waals surface area contributed by atoms with Crippen LogP contribution in [-0.4, -0.2) is 42.0 Å². The summed E-state index contributed by atoms with van der Waals surface area (Å²) in [5.41, 5.74) is 0.464. The molecule has 3 N–H and O–H groups in total. The molecule has 0 bridgehead atoms. The van der Waals surface area contributed by atoms with Crippen molar-refractivity contribution in [3.05, 3.63) is 47.9 Å². The SMILES string of the molecule is CN=C(NCCNC(=O)c1cccnc1)NCc1ncc(C(C)(C)C)o1. The molecule has 0 aliphatic rings. The van der Waals surface area contributed by atoms with Gasteiger partial charge in [-0.3, -0.25) is 14.8 Å². The standard InChI is InChI=1S/C18H26N6O2/c1-18(2,3)14-11-23-15(26-14)12-24-17(19-4)22-9-8-21-16(25)13-6-5-7-20-10-13/h5-7,10-11H,8-9,12H2,1-4H3,(H,21,25)(H2,19,22,24). The molecule has 1 amide bonds. The van der Waals surface area contributed by atoms with Crippen molar-refractivity contribution in [2.24, 2.45) is 4.99 Å². The van der Waals surface area contributed by atoms with Gasteiger partial charge in [-0.1, -0.05) is 20.8 Å². The van der Waals surface area contributed by atoms with Crippen molar-refractivity contribution in [3.8, 4) is 0 Å². The molecule has 2 aromatic rings. The van der Waals surface area contributed by atoms with E-state index in [4.69, 9.17) is 4.42 Å². The van der Waals surface area contributed by atoms with Crippen LogP contribution in [0.4, 0.5) is 0 Å². The van der Waals surface area contributed by atoms with Crippen molar-refractivity contribution in [2.75, 3.05) is 20.1 Å². The van der Waals surface area contributed by atoms with E-state index in [0.29, 0.717) is 37.0 Å². The van der Waals surface area contributed by atoms with Crippen LogP contribution in [0.5, 0.6) is 0 Å². The third-order valence-corrected chi connectivity index (χ3v) is 3.55. The minimum Gasteiger partial charge on any atom is -0.443 e. The molecule has 0 aliphatic heterocycles. The fraction of sp³-hybridized carbons (Fsp3) is 0.444. The third-order valence-electron chi connectivity index (χ3n) is 3.55. The smallest absolute Gasteiger partial charge is 0.252 e. The second kappa shape index (κ2) is 8.98. The molecule has 2 heterocycles. The Morgan fingerprint density at radius 2 is 1.96 bits per heavy atom. The summed E-state index contributed by atoms with van der Waals surface area (Å²) in [6.45, 7) is 7.64. The van der Waals surface area contributed by atoms with E-state index in [0.717, 1.165) is 5.76 Å². The van der Waals surface area contributed by atoms with Crippen LogP contribution in [-0.2, 0) is 12.0 Å². The van der Waals surface area contributed by atoms with Crippen molar-refractivity contribution in [1.82, 2.24) is 25.9 Å². The molecule has 8 heteroatoms. The Bertz CT molecular complexity index is 734. The lowest BCUT2D eigenvalue weighted by Gasteiger charge is -2.13. The highest BCUT2D eigenvalue weighted by molar-refractivity contribution is 5.93. The molecule has 0 atom stereocenters. The summed E-state index contributed by atoms with van der Waals surface area (Å²) < 4.78 is 5.73. The lowest BCUT2D eigenvalue weighted by atomic mass is 9.94. The van der Waals surface area contributed by atoms with Crippen LogP contribution in [0.3, 0.4) is 0 Å². The van der Waals surface area contributed by atoms with E-state index < -0.39 is 0 Å². The molecule has 2 aromatic heterocycles. The van der Waals surface area contributed by atoms with E-state index in [1.54, 1.807) is 31.6 Å². The average molecular weight is 358 g/mol. The Morgan fingerprint density at radius 3 is 2.58 bits per heavy atom. The molecule has 0 radical (unpaired) electrons. The van der Waals surface area contributed by atoms with Gasteiger partial charge < -0.3 is 20.4 Å². The summed E-state index contributed by atoms with van der Waals surface area (Å²) in [7, 11) is 1.68. The zero-order valence-electron chi connectivity index (χ0n) is 15.7. The Hall–Kier alpha value is -2.90. The van der Waals surface area contributed by atoms with E-state index in [9.17, 15) is 4.79 Å². The third kappa shape index (κ3) is 5.87. The van der Waals surface area contributed by atoms with Crippen LogP contribution in [0.25, 0.3) is 0 Å². The minimum atomic E-state index is -0.155. The summed E-state index contributed by atoms with van der Waals surface area (Å²) in [6, 6.07) is 3.45. The largest absolute Gasteiger partial charge is 0.443 e. The molecule has 0 saturated carbocycles. The molecule has 26 heavy (non-hydrogen) atoms. The Morgan fingerprint density at radius 1 is 1.19 bits per heavy atom. The van der Waals surface area contributed by atoms with Crippen LogP contribution in [0.15, 0.2) is 40.1 Å². The molecule has 140 valence electrons. The number of aliphatic imine (C=N–C) groups is 1. The number of carbonyl (C=O) groups is 1. The van der Waals surface area contributed by atoms with Gasteiger partial charge in [0.25, 0.3) is 5.91 Å². The number of pyridine rings is 1. The zero-order chi connectivity index (χ0) is 19.0. The van der Waals surface area contributed by atoms with Gasteiger partial charge in [0.2, 0.25) is 5.89 Å². The highest BCUT2D eigenvalue weighted by atomic mass is 16.4. The molecule has 0 aromatic carbocycles. The predicted octanol–water partition coefficient (Wildman–Crippen LogP) is 1.46. The molecular weight excluding hydrogens is 332 g/mol. The summed E-state index contributed by atoms with van der Waals surface area (Å²) in [6.07, 6.45) is 4.92. The highest BCUT2D eigenvalue weighted by Gasteiger charge is 2.19. The van der Waals surface area contributed by atoms with Gasteiger partial charge in [-0.2, -0.15) is 0 Å². The zero-order valence-corrected chi connectivity index (χ0v) is 15.7. The van der Waals surface area contributed by atoms with Crippen LogP contribution < -0.4 is 16.0 Å². The van der Waals surface area contributed by atoms with Crippen LogP contribution in [0.1, 0.15) is 42.8 Å². The van der Waals surface area contributed by atoms with Crippen molar-refractivity contribution < 1.29 is 9.21 Å². The number of hydrogen-bond acceptors (Lipinski definition) is 5. The number of nitrogens with one attached hydrogen (secondary N) is 3. The fourth-order valence-electron chi connectivity index (χ4n) is 2.07. The maximum Gasteiger partial charge on any atom is 0.252 e. The van der Waals surface area contributed by atoms with E-state index in [1.165, 1.54) is 6.20 Å². The highest BCUT2D eigenvalue weighted by Crippen LogP contribution is 2.22. The molecule has 0 saturated heterocycles. The van der Waals surface area contributed by atoms with Crippen molar-refractivity contribution in [2.45, 2.75) is 32.7 Å². The second-order valence-electron chi connectivity index (χ2n) is 6.72. The number of hydrogen-bond donors (Lipinski definition) is 3. The number of rotatable bonds is 6. The molecule has 8 nitrogen and oxygen atoms in total. The van der Waals surface area contributed by atoms with Crippen LogP contribution in [0.2, 0.25) is 0 Å². The fourth-order valence-corrected chi connectivity index (χ4v) is 2.07. The van der Waals surface area contributed by atoms with Gasteiger partial charge in [-0.25, -0.2) is 4.98 Å². The Balaban J connectivity index is 1.71. The molecule has 0 aliphatic carbocycles. The lowest BCUT2D eigenvalue weighted by Crippen LogP contribution is -2.41. The van der Waals surface area contributed by atoms with Gasteiger partial charge in [0, 0.05) is 37.9 Å². The summed E-state index contributed by atoms with van der Waals surface area (Å²) in [5.74, 6) is 1.89. The maximum atomic E-state index is 11.9. The van der Waals surface area contributed by atoms with Crippen molar-refractivity contribution in [3.63, 3.8) is 0 Å². The van der Waals surface area contributed by atoms with E-state index >= 15 is 0 Å². The molecule has 0 fully saturated rings. The van der Waals surface area contributed by atoms with Gasteiger partial charge in [0.1, 0.15) is 5.76 Å². The van der Waals surface area contributed by atoms with Gasteiger partial charge >= 0.3 is 0 Å². The maximum absolute atomic E-state index is 11.9. The van der Waals surface area contributed by atoms with E-state index in [1.807, 2.05) is 0 Å². The van der Waals surface area contributed by atoms with Gasteiger partial charge in [-0.15, -0.1) is 0 Å². The molecule has 2 rings (SSSR count). The molecular formula is C18H26N6O2. The van der Waals surface area contributed by atoms with Gasteiger partial charge in [0.15, 0.2) is 5.96 Å². The molecule has 0 unspecified atom stereocenters. The monoisotopic (exact) mass is 358 g/mol. The number of nitrogens with zero attached hydrogens (tertiary/aromatic N) is 3. The normalized spacial score (nSPS) is 11.9. The topological polar surface area (TPSA) is 104 Å². The van der Waals surface area contributed by atoms with Crippen LogP contribution in [0, 0.1) is 0 Å². The quantitative estimate of drug-likeness (QED) is 0.410. The minimum absolute atomic E-state index is 0.0718. The molecule has 0 spiro atoms. The van der Waals surface area contributed by atoms with Crippen molar-refractivity contribution >= 4 is 11.9 Å².